The number of likely N-dealkylation sites (N-methyl/N-ethyl adjacent to an activating group) is 1. The number of rotatable bonds is 9. The predicted octanol–water partition coefficient (Wildman–Crippen LogP) is 0.907. The lowest BCUT2D eigenvalue weighted by Gasteiger charge is -2.27. The van der Waals surface area contributed by atoms with Gasteiger partial charge in [-0.2, -0.15) is 0 Å². The number of amides is 1. The Kier molecular flexibility index (Phi) is 7.35. The summed E-state index contributed by atoms with van der Waals surface area (Å²) in [6.45, 7) is 7.76. The van der Waals surface area contributed by atoms with Crippen LogP contribution in [0.3, 0.4) is 0 Å². The van der Waals surface area contributed by atoms with Crippen LogP contribution in [0.5, 0.6) is 0 Å². The maximum absolute atomic E-state index is 12.8. The molecule has 0 bridgehead atoms. The normalized spacial score (nSPS) is 10.9. The lowest BCUT2D eigenvalue weighted by molar-refractivity contribution is -0.132. The number of aromatic amines is 1. The van der Waals surface area contributed by atoms with Gasteiger partial charge in [0.25, 0.3) is 5.56 Å². The molecular weight excluding hydrogens is 332 g/mol. The summed E-state index contributed by atoms with van der Waals surface area (Å²) in [6, 6.07) is 11.0. The first-order chi connectivity index (χ1) is 12.5. The minimum atomic E-state index is -0.575. The topological polar surface area (TPSA) is 78.4 Å². The number of carbonyl (C=O) groups is 1. The molecule has 140 valence electrons. The summed E-state index contributed by atoms with van der Waals surface area (Å²) >= 11 is 0. The highest BCUT2D eigenvalue weighted by Crippen LogP contribution is 2.06. The Labute approximate surface area is 152 Å². The van der Waals surface area contributed by atoms with E-state index in [1.807, 2.05) is 30.3 Å². The van der Waals surface area contributed by atoms with Gasteiger partial charge in [0.2, 0.25) is 5.91 Å². The van der Waals surface area contributed by atoms with Crippen molar-refractivity contribution in [2.24, 2.45) is 0 Å². The fourth-order valence-corrected chi connectivity index (χ4v) is 2.71. The number of nitrogens with zero attached hydrogens (tertiary/aromatic N) is 3. The maximum Gasteiger partial charge on any atom is 0.328 e. The van der Waals surface area contributed by atoms with Crippen molar-refractivity contribution in [1.29, 1.82) is 0 Å². The Balaban J connectivity index is 2.13. The molecule has 7 heteroatoms. The summed E-state index contributed by atoms with van der Waals surface area (Å²) < 4.78 is 1.22. The summed E-state index contributed by atoms with van der Waals surface area (Å²) in [7, 11) is 0. The summed E-state index contributed by atoms with van der Waals surface area (Å²) in [4.78, 5) is 42.0. The third-order valence-corrected chi connectivity index (χ3v) is 4.35. The molecule has 1 heterocycles. The quantitative estimate of drug-likeness (QED) is 0.723. The van der Waals surface area contributed by atoms with E-state index in [2.05, 4.69) is 23.7 Å². The molecule has 1 aromatic carbocycles. The van der Waals surface area contributed by atoms with E-state index in [0.29, 0.717) is 13.1 Å². The van der Waals surface area contributed by atoms with Gasteiger partial charge in [-0.05, 0) is 18.7 Å². The second kappa shape index (κ2) is 9.72. The molecular formula is C19H26N4O3. The van der Waals surface area contributed by atoms with Gasteiger partial charge in [-0.3, -0.25) is 19.1 Å². The average molecular weight is 358 g/mol. The van der Waals surface area contributed by atoms with Gasteiger partial charge in [0, 0.05) is 31.9 Å². The molecule has 0 fully saturated rings. The van der Waals surface area contributed by atoms with Crippen LogP contribution >= 0.6 is 0 Å². The van der Waals surface area contributed by atoms with Crippen LogP contribution in [-0.4, -0.2) is 51.4 Å². The van der Waals surface area contributed by atoms with Gasteiger partial charge in [-0.1, -0.05) is 44.2 Å². The van der Waals surface area contributed by atoms with Gasteiger partial charge < -0.3 is 9.80 Å². The van der Waals surface area contributed by atoms with Crippen LogP contribution in [0.25, 0.3) is 0 Å². The van der Waals surface area contributed by atoms with Crippen LogP contribution in [0.15, 0.2) is 52.2 Å². The zero-order valence-electron chi connectivity index (χ0n) is 15.4. The number of H-pyrrole nitrogens is 1. The molecule has 0 spiro atoms. The van der Waals surface area contributed by atoms with E-state index in [4.69, 9.17) is 0 Å². The highest BCUT2D eigenvalue weighted by atomic mass is 16.2. The number of nitrogens with one attached hydrogen (secondary N) is 1. The number of aromatic nitrogens is 2. The Morgan fingerprint density at radius 3 is 2.35 bits per heavy atom. The molecule has 1 N–H and O–H groups in total. The molecule has 1 amide bonds. The largest absolute Gasteiger partial charge is 0.336 e. The average Bonchev–Trinajstić information content (AvgIpc) is 2.64. The van der Waals surface area contributed by atoms with Crippen molar-refractivity contribution in [1.82, 2.24) is 19.4 Å². The molecule has 1 aromatic heterocycles. The van der Waals surface area contributed by atoms with Gasteiger partial charge in [-0.25, -0.2) is 4.79 Å². The minimum absolute atomic E-state index is 0.0965. The molecule has 2 rings (SSSR count). The van der Waals surface area contributed by atoms with E-state index in [1.165, 1.54) is 16.8 Å². The summed E-state index contributed by atoms with van der Waals surface area (Å²) in [6.07, 6.45) is 1.35. The lowest BCUT2D eigenvalue weighted by atomic mass is 10.2. The predicted molar refractivity (Wildman–Crippen MR) is 101 cm³/mol. The molecule has 0 atom stereocenters. The molecule has 0 aliphatic heterocycles. The molecule has 0 aliphatic carbocycles. The second-order valence-corrected chi connectivity index (χ2v) is 6.07. The smallest absolute Gasteiger partial charge is 0.328 e. The van der Waals surface area contributed by atoms with Crippen LogP contribution in [0.1, 0.15) is 19.4 Å². The van der Waals surface area contributed by atoms with Crippen molar-refractivity contribution < 1.29 is 4.79 Å². The van der Waals surface area contributed by atoms with E-state index < -0.39 is 11.2 Å². The van der Waals surface area contributed by atoms with Crippen LogP contribution < -0.4 is 11.2 Å². The first-order valence-electron chi connectivity index (χ1n) is 8.87. The van der Waals surface area contributed by atoms with Crippen molar-refractivity contribution in [2.45, 2.75) is 26.9 Å². The zero-order chi connectivity index (χ0) is 18.9. The summed E-state index contributed by atoms with van der Waals surface area (Å²) in [5.74, 6) is -0.157. The van der Waals surface area contributed by atoms with E-state index in [1.54, 1.807) is 4.90 Å². The van der Waals surface area contributed by atoms with Gasteiger partial charge in [0.05, 0.1) is 0 Å². The Morgan fingerprint density at radius 2 is 1.73 bits per heavy atom. The van der Waals surface area contributed by atoms with Crippen LogP contribution in [0.2, 0.25) is 0 Å². The second-order valence-electron chi connectivity index (χ2n) is 6.07. The van der Waals surface area contributed by atoms with Crippen molar-refractivity contribution in [3.05, 3.63) is 69.0 Å². The lowest BCUT2D eigenvalue weighted by Crippen LogP contribution is -2.41. The summed E-state index contributed by atoms with van der Waals surface area (Å²) in [5, 5.41) is 0. The number of benzene rings is 1. The van der Waals surface area contributed by atoms with Gasteiger partial charge in [0.15, 0.2) is 0 Å². The van der Waals surface area contributed by atoms with E-state index >= 15 is 0 Å². The fourth-order valence-electron chi connectivity index (χ4n) is 2.71. The SMILES string of the molecule is CCN(CC)CCN(Cc1ccccc1)C(=O)Cn1ccc(=O)[nH]c1=O. The highest BCUT2D eigenvalue weighted by molar-refractivity contribution is 5.76. The molecule has 0 unspecified atom stereocenters. The Morgan fingerprint density at radius 1 is 1.04 bits per heavy atom. The number of carbonyl (C=O) groups excluding carboxylic acids is 1. The molecule has 26 heavy (non-hydrogen) atoms. The minimum Gasteiger partial charge on any atom is -0.336 e. The maximum atomic E-state index is 12.8. The molecule has 7 nitrogen and oxygen atoms in total. The third-order valence-electron chi connectivity index (χ3n) is 4.35. The standard InChI is InChI=1S/C19H26N4O3/c1-3-21(4-2)12-13-22(14-16-8-6-5-7-9-16)18(25)15-23-11-10-17(24)20-19(23)26/h5-11H,3-4,12-15H2,1-2H3,(H,20,24,26). The zero-order valence-corrected chi connectivity index (χ0v) is 15.4. The monoisotopic (exact) mass is 358 g/mol. The highest BCUT2D eigenvalue weighted by Gasteiger charge is 2.16. The number of hydrogen-bond donors (Lipinski definition) is 1. The van der Waals surface area contributed by atoms with Crippen LogP contribution in [0, 0.1) is 0 Å². The van der Waals surface area contributed by atoms with Gasteiger partial charge in [0.1, 0.15) is 6.54 Å². The molecule has 0 saturated carbocycles. The first kappa shape index (κ1) is 19.7. The Hall–Kier alpha value is -2.67. The van der Waals surface area contributed by atoms with Gasteiger partial charge >= 0.3 is 5.69 Å². The van der Waals surface area contributed by atoms with E-state index in [-0.39, 0.29) is 12.5 Å². The van der Waals surface area contributed by atoms with Crippen molar-refractivity contribution >= 4 is 5.91 Å². The third kappa shape index (κ3) is 5.70. The first-order valence-corrected chi connectivity index (χ1v) is 8.87. The molecule has 2 aromatic rings. The fraction of sp³-hybridized carbons (Fsp3) is 0.421. The van der Waals surface area contributed by atoms with E-state index in [0.717, 1.165) is 25.2 Å². The van der Waals surface area contributed by atoms with Crippen LogP contribution in [0.4, 0.5) is 0 Å². The Bertz CT molecular complexity index is 809. The van der Waals surface area contributed by atoms with Crippen LogP contribution in [-0.2, 0) is 17.9 Å². The van der Waals surface area contributed by atoms with Gasteiger partial charge in [-0.15, -0.1) is 0 Å². The van der Waals surface area contributed by atoms with E-state index in [9.17, 15) is 14.4 Å². The summed E-state index contributed by atoms with van der Waals surface area (Å²) in [5.41, 5.74) is -0.00941. The molecule has 0 radical (unpaired) electrons. The number of hydrogen-bond acceptors (Lipinski definition) is 4. The van der Waals surface area contributed by atoms with Crippen molar-refractivity contribution in [3.63, 3.8) is 0 Å². The molecule has 0 saturated heterocycles. The molecule has 0 aliphatic rings. The van der Waals surface area contributed by atoms with Crippen molar-refractivity contribution in [3.8, 4) is 0 Å². The van der Waals surface area contributed by atoms with Crippen molar-refractivity contribution in [2.75, 3.05) is 26.2 Å².